The second-order valence-corrected chi connectivity index (χ2v) is 8.95. The minimum Gasteiger partial charge on any atom is -0.442 e. The van der Waals surface area contributed by atoms with Crippen molar-refractivity contribution in [1.29, 1.82) is 0 Å². The standard InChI is InChI=1S/C23H23Cl2F2N3O5/c1-12(31)28-10-16-11-30(23(34)35-16)15-6-7-17(18(27)8-15)13-2-4-14(5-3-13)20(32)19(9-26)29-22(33)21(24)25/h2-8,16,19-21,32H,9-11H2,1H3,(H,28,31)(H,29,33)/t16-,19+,20+/m0/s1. The zero-order valence-corrected chi connectivity index (χ0v) is 20.0. The third-order valence-corrected chi connectivity index (χ3v) is 5.75. The summed E-state index contributed by atoms with van der Waals surface area (Å²) in [5, 5.41) is 15.2. The molecule has 1 saturated heterocycles. The molecule has 1 heterocycles. The van der Waals surface area contributed by atoms with Crippen LogP contribution in [0.25, 0.3) is 11.1 Å². The van der Waals surface area contributed by atoms with Gasteiger partial charge in [0.25, 0.3) is 5.91 Å². The largest absolute Gasteiger partial charge is 0.442 e. The molecule has 1 aliphatic heterocycles. The zero-order valence-electron chi connectivity index (χ0n) is 18.5. The molecule has 3 rings (SSSR count). The molecule has 188 valence electrons. The monoisotopic (exact) mass is 529 g/mol. The molecule has 1 fully saturated rings. The van der Waals surface area contributed by atoms with Gasteiger partial charge in [0, 0.05) is 12.5 Å². The molecule has 0 aromatic heterocycles. The Balaban J connectivity index is 1.71. The lowest BCUT2D eigenvalue weighted by atomic mass is 9.98. The summed E-state index contributed by atoms with van der Waals surface area (Å²) in [7, 11) is 0. The molecule has 2 aromatic rings. The van der Waals surface area contributed by atoms with Gasteiger partial charge in [0.2, 0.25) is 5.91 Å². The van der Waals surface area contributed by atoms with Crippen molar-refractivity contribution >= 4 is 46.8 Å². The van der Waals surface area contributed by atoms with Gasteiger partial charge in [0.15, 0.2) is 4.84 Å². The number of ether oxygens (including phenoxy) is 1. The van der Waals surface area contributed by atoms with Crippen LogP contribution in [-0.4, -0.2) is 59.8 Å². The second kappa shape index (κ2) is 11.7. The van der Waals surface area contributed by atoms with Crippen LogP contribution in [0.1, 0.15) is 18.6 Å². The third kappa shape index (κ3) is 6.59. The van der Waals surface area contributed by atoms with E-state index in [9.17, 15) is 28.3 Å². The van der Waals surface area contributed by atoms with Crippen LogP contribution in [0.5, 0.6) is 0 Å². The Morgan fingerprint density at radius 1 is 1.23 bits per heavy atom. The number of aliphatic hydroxyl groups excluding tert-OH is 1. The van der Waals surface area contributed by atoms with E-state index in [1.165, 1.54) is 48.2 Å². The van der Waals surface area contributed by atoms with Crippen LogP contribution >= 0.6 is 23.2 Å². The van der Waals surface area contributed by atoms with Gasteiger partial charge in [0.1, 0.15) is 24.7 Å². The molecule has 3 N–H and O–H groups in total. The van der Waals surface area contributed by atoms with Gasteiger partial charge in [-0.25, -0.2) is 13.6 Å². The lowest BCUT2D eigenvalue weighted by molar-refractivity contribution is -0.121. The maximum atomic E-state index is 14.9. The van der Waals surface area contributed by atoms with E-state index in [2.05, 4.69) is 10.6 Å². The number of rotatable bonds is 9. The van der Waals surface area contributed by atoms with E-state index in [1.807, 2.05) is 0 Å². The minimum absolute atomic E-state index is 0.154. The number of nitrogens with one attached hydrogen (secondary N) is 2. The molecule has 0 radical (unpaired) electrons. The van der Waals surface area contributed by atoms with Crippen molar-refractivity contribution in [2.45, 2.75) is 30.0 Å². The highest BCUT2D eigenvalue weighted by molar-refractivity contribution is 6.53. The number of halogens is 4. The summed E-state index contributed by atoms with van der Waals surface area (Å²) in [5.41, 5.74) is 1.30. The summed E-state index contributed by atoms with van der Waals surface area (Å²) in [6.45, 7) is 0.604. The smallest absolute Gasteiger partial charge is 0.414 e. The van der Waals surface area contributed by atoms with Crippen molar-refractivity contribution in [2.24, 2.45) is 0 Å². The van der Waals surface area contributed by atoms with Gasteiger partial charge in [-0.1, -0.05) is 47.5 Å². The summed E-state index contributed by atoms with van der Waals surface area (Å²) in [5.74, 6) is -1.69. The zero-order chi connectivity index (χ0) is 25.7. The summed E-state index contributed by atoms with van der Waals surface area (Å²) in [4.78, 5) is 34.7. The summed E-state index contributed by atoms with van der Waals surface area (Å²) < 4.78 is 33.5. The summed E-state index contributed by atoms with van der Waals surface area (Å²) >= 11 is 10.9. The van der Waals surface area contributed by atoms with Crippen molar-refractivity contribution < 1.29 is 33.0 Å². The fraction of sp³-hybridized carbons (Fsp3) is 0.348. The Labute approximate surface area is 210 Å². The molecule has 0 bridgehead atoms. The van der Waals surface area contributed by atoms with E-state index < -0.39 is 47.6 Å². The highest BCUT2D eigenvalue weighted by atomic mass is 35.5. The number of hydrogen-bond acceptors (Lipinski definition) is 5. The number of cyclic esters (lactones) is 1. The molecular formula is C23H23Cl2F2N3O5. The summed E-state index contributed by atoms with van der Waals surface area (Å²) in [6, 6.07) is 9.02. The minimum atomic E-state index is -1.41. The Morgan fingerprint density at radius 3 is 2.49 bits per heavy atom. The highest BCUT2D eigenvalue weighted by Crippen LogP contribution is 2.30. The number of carbonyl (C=O) groups excluding carboxylic acids is 3. The lowest BCUT2D eigenvalue weighted by Crippen LogP contribution is -2.43. The highest BCUT2D eigenvalue weighted by Gasteiger charge is 2.33. The number of nitrogens with zero attached hydrogens (tertiary/aromatic N) is 1. The van der Waals surface area contributed by atoms with E-state index in [0.29, 0.717) is 16.8 Å². The molecule has 12 heteroatoms. The first kappa shape index (κ1) is 26.7. The van der Waals surface area contributed by atoms with Gasteiger partial charge in [-0.3, -0.25) is 14.5 Å². The summed E-state index contributed by atoms with van der Waals surface area (Å²) in [6.07, 6.45) is -2.58. The van der Waals surface area contributed by atoms with Crippen molar-refractivity contribution in [1.82, 2.24) is 10.6 Å². The van der Waals surface area contributed by atoms with E-state index in [0.717, 1.165) is 0 Å². The van der Waals surface area contributed by atoms with Crippen molar-refractivity contribution in [3.8, 4) is 11.1 Å². The molecule has 3 atom stereocenters. The van der Waals surface area contributed by atoms with Crippen LogP contribution in [0.4, 0.5) is 19.3 Å². The first-order valence-corrected chi connectivity index (χ1v) is 11.4. The molecule has 2 aromatic carbocycles. The molecule has 0 saturated carbocycles. The number of anilines is 1. The number of amides is 3. The second-order valence-electron chi connectivity index (χ2n) is 7.85. The van der Waals surface area contributed by atoms with Crippen LogP contribution in [0.2, 0.25) is 0 Å². The molecule has 35 heavy (non-hydrogen) atoms. The number of carbonyl (C=O) groups is 3. The normalized spacial score (nSPS) is 17.2. The Hall–Kier alpha value is -2.95. The fourth-order valence-electron chi connectivity index (χ4n) is 3.54. The topological polar surface area (TPSA) is 108 Å². The van der Waals surface area contributed by atoms with E-state index in [1.54, 1.807) is 6.07 Å². The van der Waals surface area contributed by atoms with Crippen LogP contribution in [0, 0.1) is 5.82 Å². The van der Waals surface area contributed by atoms with Crippen LogP contribution in [0.3, 0.4) is 0 Å². The van der Waals surface area contributed by atoms with Gasteiger partial charge in [-0.05, 0) is 29.3 Å². The first-order valence-electron chi connectivity index (χ1n) is 10.6. The molecule has 1 aliphatic rings. The Kier molecular flexibility index (Phi) is 8.87. The molecular weight excluding hydrogens is 507 g/mol. The van der Waals surface area contributed by atoms with Crippen LogP contribution in [0.15, 0.2) is 42.5 Å². The van der Waals surface area contributed by atoms with Crippen molar-refractivity contribution in [3.63, 3.8) is 0 Å². The number of benzene rings is 2. The molecule has 3 amide bonds. The number of hydrogen-bond donors (Lipinski definition) is 3. The quantitative estimate of drug-likeness (QED) is 0.432. The maximum absolute atomic E-state index is 14.9. The van der Waals surface area contributed by atoms with Gasteiger partial charge < -0.3 is 20.5 Å². The van der Waals surface area contributed by atoms with Gasteiger partial charge in [-0.15, -0.1) is 0 Å². The van der Waals surface area contributed by atoms with Crippen molar-refractivity contribution in [3.05, 3.63) is 53.8 Å². The van der Waals surface area contributed by atoms with E-state index in [-0.39, 0.29) is 24.6 Å². The lowest BCUT2D eigenvalue weighted by Gasteiger charge is -2.22. The number of aliphatic hydroxyl groups is 1. The fourth-order valence-corrected chi connectivity index (χ4v) is 3.67. The number of alkyl halides is 3. The van der Waals surface area contributed by atoms with Gasteiger partial charge >= 0.3 is 6.09 Å². The first-order chi connectivity index (χ1) is 16.6. The van der Waals surface area contributed by atoms with Crippen molar-refractivity contribution in [2.75, 3.05) is 24.7 Å². The molecule has 8 nitrogen and oxygen atoms in total. The molecule has 0 aliphatic carbocycles. The average molecular weight is 530 g/mol. The maximum Gasteiger partial charge on any atom is 0.414 e. The van der Waals surface area contributed by atoms with Crippen LogP contribution in [-0.2, 0) is 14.3 Å². The predicted molar refractivity (Wildman–Crippen MR) is 126 cm³/mol. The third-order valence-electron chi connectivity index (χ3n) is 5.35. The predicted octanol–water partition coefficient (Wildman–Crippen LogP) is 3.25. The average Bonchev–Trinajstić information content (AvgIpc) is 3.21. The Bertz CT molecular complexity index is 1090. The molecule has 0 unspecified atom stereocenters. The van der Waals surface area contributed by atoms with Crippen LogP contribution < -0.4 is 15.5 Å². The molecule has 0 spiro atoms. The van der Waals surface area contributed by atoms with Gasteiger partial charge in [0.05, 0.1) is 24.8 Å². The SMILES string of the molecule is CC(=O)NC[C@H]1CN(c2ccc(-c3ccc([C@@H](O)[C@@H](CF)NC(=O)C(Cl)Cl)cc3)c(F)c2)C(=O)O1. The van der Waals surface area contributed by atoms with E-state index in [4.69, 9.17) is 27.9 Å². The van der Waals surface area contributed by atoms with E-state index >= 15 is 0 Å². The van der Waals surface area contributed by atoms with Gasteiger partial charge in [-0.2, -0.15) is 0 Å². The Morgan fingerprint density at radius 2 is 1.91 bits per heavy atom.